The second-order valence-electron chi connectivity index (χ2n) is 5.79. The van der Waals surface area contributed by atoms with E-state index in [-0.39, 0.29) is 18.3 Å². The Bertz CT molecular complexity index is 640. The lowest BCUT2D eigenvalue weighted by Crippen LogP contribution is -2.10. The SMILES string of the molecule is Cc1cc(C)cc(-c2nnc(NC(=O)CCCCCCN)s2)c1.Cl. The Morgan fingerprint density at radius 3 is 2.42 bits per heavy atom. The molecule has 0 aliphatic carbocycles. The minimum Gasteiger partial charge on any atom is -0.330 e. The minimum absolute atomic E-state index is 0. The molecule has 0 atom stereocenters. The number of aryl methyl sites for hydroxylation is 2. The van der Waals surface area contributed by atoms with Crippen molar-refractivity contribution in [1.29, 1.82) is 0 Å². The lowest BCUT2D eigenvalue weighted by Gasteiger charge is -2.01. The standard InChI is InChI=1S/C17H24N4OS.ClH/c1-12-9-13(2)11-14(10-12)16-20-21-17(23-16)19-15(22)7-5-3-4-6-8-18;/h9-11H,3-8,18H2,1-2H3,(H,19,21,22);1H. The van der Waals surface area contributed by atoms with Crippen LogP contribution in [0.25, 0.3) is 10.6 Å². The van der Waals surface area contributed by atoms with E-state index in [1.807, 2.05) is 0 Å². The molecule has 0 aliphatic rings. The first kappa shape index (κ1) is 20.5. The van der Waals surface area contributed by atoms with Crippen molar-refractivity contribution in [2.75, 3.05) is 11.9 Å². The van der Waals surface area contributed by atoms with Gasteiger partial charge in [0, 0.05) is 12.0 Å². The molecule has 0 bridgehead atoms. The van der Waals surface area contributed by atoms with E-state index >= 15 is 0 Å². The molecule has 132 valence electrons. The Kier molecular flexibility index (Phi) is 8.89. The predicted octanol–water partition coefficient (Wildman–Crippen LogP) is 4.09. The van der Waals surface area contributed by atoms with E-state index in [1.54, 1.807) is 0 Å². The summed E-state index contributed by atoms with van der Waals surface area (Å²) in [5.74, 6) is 0.000807. The summed E-state index contributed by atoms with van der Waals surface area (Å²) in [5.41, 5.74) is 8.88. The number of amides is 1. The molecule has 0 aliphatic heterocycles. The van der Waals surface area contributed by atoms with Crippen LogP contribution < -0.4 is 11.1 Å². The Hall–Kier alpha value is -1.50. The van der Waals surface area contributed by atoms with Crippen molar-refractivity contribution in [3.8, 4) is 10.6 Å². The molecule has 3 N–H and O–H groups in total. The number of nitrogens with two attached hydrogens (primary N) is 1. The van der Waals surface area contributed by atoms with E-state index in [4.69, 9.17) is 5.73 Å². The molecule has 2 aromatic rings. The van der Waals surface area contributed by atoms with Gasteiger partial charge in [-0.2, -0.15) is 0 Å². The van der Waals surface area contributed by atoms with E-state index in [0.29, 0.717) is 11.6 Å². The third kappa shape index (κ3) is 6.55. The highest BCUT2D eigenvalue weighted by Gasteiger charge is 2.10. The molecule has 0 unspecified atom stereocenters. The summed E-state index contributed by atoms with van der Waals surface area (Å²) >= 11 is 1.41. The van der Waals surface area contributed by atoms with Gasteiger partial charge < -0.3 is 11.1 Å². The fourth-order valence-corrected chi connectivity index (χ4v) is 3.20. The second-order valence-corrected chi connectivity index (χ2v) is 6.77. The molecule has 2 rings (SSSR count). The highest BCUT2D eigenvalue weighted by atomic mass is 35.5. The van der Waals surface area contributed by atoms with E-state index in [9.17, 15) is 4.79 Å². The summed E-state index contributed by atoms with van der Waals surface area (Å²) in [6, 6.07) is 6.28. The van der Waals surface area contributed by atoms with Crippen LogP contribution in [0.4, 0.5) is 5.13 Å². The smallest absolute Gasteiger partial charge is 0.226 e. The Balaban J connectivity index is 0.00000288. The average molecular weight is 369 g/mol. The van der Waals surface area contributed by atoms with Gasteiger partial charge in [0.2, 0.25) is 11.0 Å². The molecule has 24 heavy (non-hydrogen) atoms. The van der Waals surface area contributed by atoms with Gasteiger partial charge >= 0.3 is 0 Å². The first-order chi connectivity index (χ1) is 11.1. The first-order valence-electron chi connectivity index (χ1n) is 8.00. The molecule has 0 fully saturated rings. The third-order valence-electron chi connectivity index (χ3n) is 3.50. The number of carbonyl (C=O) groups is 1. The zero-order valence-corrected chi connectivity index (χ0v) is 15.8. The largest absolute Gasteiger partial charge is 0.330 e. The van der Waals surface area contributed by atoms with Crippen LogP contribution in [0.15, 0.2) is 18.2 Å². The van der Waals surface area contributed by atoms with Crippen LogP contribution in [0.1, 0.15) is 43.2 Å². The third-order valence-corrected chi connectivity index (χ3v) is 4.39. The molecule has 1 amide bonds. The molecule has 0 saturated heterocycles. The molecule has 1 heterocycles. The molecular weight excluding hydrogens is 344 g/mol. The fourth-order valence-electron chi connectivity index (χ4n) is 2.45. The summed E-state index contributed by atoms with van der Waals surface area (Å²) in [7, 11) is 0. The van der Waals surface area contributed by atoms with Crippen LogP contribution >= 0.6 is 23.7 Å². The van der Waals surface area contributed by atoms with Gasteiger partial charge in [0.1, 0.15) is 5.01 Å². The zero-order valence-electron chi connectivity index (χ0n) is 14.2. The summed E-state index contributed by atoms with van der Waals surface area (Å²) in [6.07, 6.45) is 4.54. The molecule has 0 radical (unpaired) electrons. The van der Waals surface area contributed by atoms with Gasteiger partial charge in [-0.05, 0) is 45.4 Å². The Morgan fingerprint density at radius 1 is 1.08 bits per heavy atom. The lowest BCUT2D eigenvalue weighted by molar-refractivity contribution is -0.116. The molecule has 1 aromatic heterocycles. The van der Waals surface area contributed by atoms with Crippen molar-refractivity contribution < 1.29 is 4.79 Å². The van der Waals surface area contributed by atoms with Gasteiger partial charge in [0.05, 0.1) is 0 Å². The van der Waals surface area contributed by atoms with Gasteiger partial charge in [-0.15, -0.1) is 22.6 Å². The van der Waals surface area contributed by atoms with Gasteiger partial charge in [-0.1, -0.05) is 41.4 Å². The van der Waals surface area contributed by atoms with Crippen molar-refractivity contribution in [3.63, 3.8) is 0 Å². The maximum atomic E-state index is 11.9. The number of anilines is 1. The number of carbonyl (C=O) groups excluding carboxylic acids is 1. The van der Waals surface area contributed by atoms with Crippen LogP contribution in [0.3, 0.4) is 0 Å². The maximum Gasteiger partial charge on any atom is 0.226 e. The number of nitrogens with zero attached hydrogens (tertiary/aromatic N) is 2. The predicted molar refractivity (Wildman–Crippen MR) is 103 cm³/mol. The van der Waals surface area contributed by atoms with Crippen LogP contribution in [-0.4, -0.2) is 22.6 Å². The maximum absolute atomic E-state index is 11.9. The average Bonchev–Trinajstić information content (AvgIpc) is 2.94. The van der Waals surface area contributed by atoms with Crippen molar-refractivity contribution >= 4 is 34.8 Å². The molecule has 0 saturated carbocycles. The zero-order chi connectivity index (χ0) is 16.7. The van der Waals surface area contributed by atoms with E-state index in [0.717, 1.165) is 42.8 Å². The molecule has 1 aromatic carbocycles. The van der Waals surface area contributed by atoms with Gasteiger partial charge in [0.15, 0.2) is 0 Å². The molecule has 5 nitrogen and oxygen atoms in total. The van der Waals surface area contributed by atoms with E-state index < -0.39 is 0 Å². The Morgan fingerprint density at radius 2 is 1.75 bits per heavy atom. The lowest BCUT2D eigenvalue weighted by atomic mass is 10.1. The normalized spacial score (nSPS) is 10.3. The summed E-state index contributed by atoms with van der Waals surface area (Å²) < 4.78 is 0. The molecular formula is C17H25ClN4OS. The van der Waals surface area contributed by atoms with Gasteiger partial charge in [-0.3, -0.25) is 4.79 Å². The van der Waals surface area contributed by atoms with Crippen LogP contribution in [-0.2, 0) is 4.79 Å². The van der Waals surface area contributed by atoms with Crippen LogP contribution in [0.2, 0.25) is 0 Å². The molecule has 7 heteroatoms. The number of hydrogen-bond donors (Lipinski definition) is 2. The number of halogens is 1. The highest BCUT2D eigenvalue weighted by Crippen LogP contribution is 2.28. The fraction of sp³-hybridized carbons (Fsp3) is 0.471. The monoisotopic (exact) mass is 368 g/mol. The first-order valence-corrected chi connectivity index (χ1v) is 8.82. The van der Waals surface area contributed by atoms with Gasteiger partial charge in [-0.25, -0.2) is 0 Å². The highest BCUT2D eigenvalue weighted by molar-refractivity contribution is 7.18. The van der Waals surface area contributed by atoms with E-state index in [2.05, 4.69) is 47.6 Å². The Labute approximate surface area is 153 Å². The topological polar surface area (TPSA) is 80.9 Å². The van der Waals surface area contributed by atoms with E-state index in [1.165, 1.54) is 22.5 Å². The van der Waals surface area contributed by atoms with Gasteiger partial charge in [0.25, 0.3) is 0 Å². The number of aromatic nitrogens is 2. The van der Waals surface area contributed by atoms with Crippen molar-refractivity contribution in [2.45, 2.75) is 46.0 Å². The summed E-state index contributed by atoms with van der Waals surface area (Å²) in [5, 5.41) is 12.5. The number of benzene rings is 1. The van der Waals surface area contributed by atoms with Crippen LogP contribution in [0.5, 0.6) is 0 Å². The number of hydrogen-bond acceptors (Lipinski definition) is 5. The van der Waals surface area contributed by atoms with Crippen molar-refractivity contribution in [2.24, 2.45) is 5.73 Å². The summed E-state index contributed by atoms with van der Waals surface area (Å²) in [6.45, 7) is 4.84. The minimum atomic E-state index is 0. The summed E-state index contributed by atoms with van der Waals surface area (Å²) in [4.78, 5) is 11.9. The van der Waals surface area contributed by atoms with Crippen molar-refractivity contribution in [1.82, 2.24) is 10.2 Å². The number of rotatable bonds is 8. The molecule has 0 spiro atoms. The number of nitrogens with one attached hydrogen (secondary N) is 1. The van der Waals surface area contributed by atoms with Crippen molar-refractivity contribution in [3.05, 3.63) is 29.3 Å². The van der Waals surface area contributed by atoms with Crippen LogP contribution in [0, 0.1) is 13.8 Å². The quantitative estimate of drug-likeness (QED) is 0.687. The number of unbranched alkanes of at least 4 members (excludes halogenated alkanes) is 3. The second kappa shape index (κ2) is 10.4.